The summed E-state index contributed by atoms with van der Waals surface area (Å²) in [5.74, 6) is 0.474. The van der Waals surface area contributed by atoms with Crippen molar-refractivity contribution in [2.75, 3.05) is 11.9 Å². The summed E-state index contributed by atoms with van der Waals surface area (Å²) in [5.41, 5.74) is 2.65. The highest BCUT2D eigenvalue weighted by Crippen LogP contribution is 2.57. The number of nitrogens with one attached hydrogen (secondary N) is 1. The zero-order valence-electron chi connectivity index (χ0n) is 7.51. The van der Waals surface area contributed by atoms with Gasteiger partial charge < -0.3 is 10.4 Å². The Kier molecular flexibility index (Phi) is 1.22. The molecule has 0 bridgehead atoms. The van der Waals surface area contributed by atoms with E-state index in [1.54, 1.807) is 6.07 Å². The fraction of sp³-hybridized carbons (Fsp3) is 0.455. The molecule has 2 heteroatoms. The first-order chi connectivity index (χ1) is 6.32. The zero-order valence-corrected chi connectivity index (χ0v) is 7.51. The summed E-state index contributed by atoms with van der Waals surface area (Å²) >= 11 is 0. The van der Waals surface area contributed by atoms with Gasteiger partial charge in [-0.25, -0.2) is 0 Å². The molecular formula is C11H13NO. The number of phenolic OH excluding ortho intramolecular Hbond substituents is 1. The van der Waals surface area contributed by atoms with Gasteiger partial charge in [-0.15, -0.1) is 0 Å². The van der Waals surface area contributed by atoms with E-state index in [1.807, 2.05) is 6.07 Å². The van der Waals surface area contributed by atoms with Gasteiger partial charge >= 0.3 is 0 Å². The quantitative estimate of drug-likeness (QED) is 0.633. The average Bonchev–Trinajstić information content (AvgIpc) is 2.86. The van der Waals surface area contributed by atoms with E-state index in [2.05, 4.69) is 11.4 Å². The molecule has 1 saturated carbocycles. The third-order valence-electron chi connectivity index (χ3n) is 3.35. The molecule has 2 nitrogen and oxygen atoms in total. The monoisotopic (exact) mass is 175 g/mol. The van der Waals surface area contributed by atoms with E-state index in [0.29, 0.717) is 11.2 Å². The Morgan fingerprint density at radius 1 is 1.23 bits per heavy atom. The second-order valence-electron chi connectivity index (χ2n) is 4.16. The molecule has 68 valence electrons. The summed E-state index contributed by atoms with van der Waals surface area (Å²) in [6.45, 7) is 1.05. The number of anilines is 1. The Bertz CT molecular complexity index is 355. The molecule has 0 radical (unpaired) electrons. The van der Waals surface area contributed by atoms with Crippen LogP contribution in [0.5, 0.6) is 5.75 Å². The van der Waals surface area contributed by atoms with E-state index in [4.69, 9.17) is 0 Å². The summed E-state index contributed by atoms with van der Waals surface area (Å²) < 4.78 is 0. The topological polar surface area (TPSA) is 32.3 Å². The second kappa shape index (κ2) is 2.19. The van der Waals surface area contributed by atoms with Crippen molar-refractivity contribution in [1.82, 2.24) is 0 Å². The Morgan fingerprint density at radius 2 is 2.08 bits per heavy atom. The van der Waals surface area contributed by atoms with Crippen molar-refractivity contribution in [3.8, 4) is 5.75 Å². The lowest BCUT2D eigenvalue weighted by atomic mass is 9.87. The molecule has 1 fully saturated rings. The standard InChI is InChI=1S/C11H13NO/c13-9-3-1-2-8-10(9)11(4-5-11)6-7-12-8/h1-3,12-13H,4-7H2. The van der Waals surface area contributed by atoms with Gasteiger partial charge in [0.15, 0.2) is 0 Å². The molecule has 1 aliphatic heterocycles. The summed E-state index contributed by atoms with van der Waals surface area (Å²) in [5, 5.41) is 13.1. The maximum atomic E-state index is 9.79. The molecule has 1 aromatic rings. The lowest BCUT2D eigenvalue weighted by molar-refractivity contribution is 0.453. The number of hydrogen-bond donors (Lipinski definition) is 2. The van der Waals surface area contributed by atoms with E-state index in [1.165, 1.54) is 24.8 Å². The molecule has 0 amide bonds. The lowest BCUT2D eigenvalue weighted by Gasteiger charge is -2.27. The van der Waals surface area contributed by atoms with Crippen LogP contribution in [-0.4, -0.2) is 11.7 Å². The molecule has 3 rings (SSSR count). The lowest BCUT2D eigenvalue weighted by Crippen LogP contribution is -2.21. The van der Waals surface area contributed by atoms with Gasteiger partial charge in [0.05, 0.1) is 0 Å². The number of phenols is 1. The van der Waals surface area contributed by atoms with Crippen LogP contribution in [-0.2, 0) is 5.41 Å². The summed E-state index contributed by atoms with van der Waals surface area (Å²) in [6, 6.07) is 5.77. The van der Waals surface area contributed by atoms with Gasteiger partial charge in [0.2, 0.25) is 0 Å². The number of rotatable bonds is 0. The van der Waals surface area contributed by atoms with Crippen LogP contribution in [0.3, 0.4) is 0 Å². The van der Waals surface area contributed by atoms with E-state index in [0.717, 1.165) is 12.2 Å². The first-order valence-corrected chi connectivity index (χ1v) is 4.88. The van der Waals surface area contributed by atoms with Gasteiger partial charge in [0.25, 0.3) is 0 Å². The first-order valence-electron chi connectivity index (χ1n) is 4.88. The molecule has 1 aliphatic carbocycles. The number of fused-ring (bicyclic) bond motifs is 2. The second-order valence-corrected chi connectivity index (χ2v) is 4.16. The van der Waals surface area contributed by atoms with Crippen molar-refractivity contribution in [3.63, 3.8) is 0 Å². The van der Waals surface area contributed by atoms with Crippen molar-refractivity contribution in [3.05, 3.63) is 23.8 Å². The van der Waals surface area contributed by atoms with Crippen LogP contribution in [0.25, 0.3) is 0 Å². The Hall–Kier alpha value is -1.18. The van der Waals surface area contributed by atoms with Crippen molar-refractivity contribution < 1.29 is 5.11 Å². The van der Waals surface area contributed by atoms with E-state index in [-0.39, 0.29) is 0 Å². The van der Waals surface area contributed by atoms with Crippen LogP contribution in [0.1, 0.15) is 24.8 Å². The van der Waals surface area contributed by atoms with Crippen LogP contribution in [0.15, 0.2) is 18.2 Å². The molecule has 13 heavy (non-hydrogen) atoms. The zero-order chi connectivity index (χ0) is 8.89. The molecule has 2 N–H and O–H groups in total. The highest BCUT2D eigenvalue weighted by Gasteiger charge is 2.48. The molecule has 0 atom stereocenters. The molecule has 1 heterocycles. The van der Waals surface area contributed by atoms with Crippen molar-refractivity contribution in [2.24, 2.45) is 0 Å². The fourth-order valence-electron chi connectivity index (χ4n) is 2.46. The van der Waals surface area contributed by atoms with Gasteiger partial charge in [-0.05, 0) is 31.4 Å². The predicted octanol–water partition coefficient (Wildman–Crippen LogP) is 2.24. The Balaban J connectivity index is 2.21. The average molecular weight is 175 g/mol. The molecule has 0 saturated heterocycles. The van der Waals surface area contributed by atoms with E-state index in [9.17, 15) is 5.11 Å². The number of aromatic hydroxyl groups is 1. The molecule has 0 unspecified atom stereocenters. The van der Waals surface area contributed by atoms with Crippen LogP contribution >= 0.6 is 0 Å². The summed E-state index contributed by atoms with van der Waals surface area (Å²) in [7, 11) is 0. The van der Waals surface area contributed by atoms with E-state index >= 15 is 0 Å². The van der Waals surface area contributed by atoms with Crippen molar-refractivity contribution >= 4 is 5.69 Å². The highest BCUT2D eigenvalue weighted by molar-refractivity contribution is 5.64. The molecule has 1 aromatic carbocycles. The van der Waals surface area contributed by atoms with Gasteiger partial charge in [-0.2, -0.15) is 0 Å². The van der Waals surface area contributed by atoms with Crippen LogP contribution in [0.4, 0.5) is 5.69 Å². The van der Waals surface area contributed by atoms with Crippen LogP contribution < -0.4 is 5.32 Å². The third kappa shape index (κ3) is 0.886. The third-order valence-corrected chi connectivity index (χ3v) is 3.35. The van der Waals surface area contributed by atoms with Gasteiger partial charge in [0, 0.05) is 23.2 Å². The smallest absolute Gasteiger partial charge is 0.121 e. The molecule has 0 aromatic heterocycles. The normalized spacial score (nSPS) is 22.2. The first kappa shape index (κ1) is 7.25. The Labute approximate surface area is 77.6 Å². The maximum absolute atomic E-state index is 9.79. The van der Waals surface area contributed by atoms with Gasteiger partial charge in [-0.1, -0.05) is 6.07 Å². The summed E-state index contributed by atoms with van der Waals surface area (Å²) in [6.07, 6.45) is 3.68. The SMILES string of the molecule is Oc1cccc2c1C1(CCN2)CC1. The fourth-order valence-corrected chi connectivity index (χ4v) is 2.46. The Morgan fingerprint density at radius 3 is 2.85 bits per heavy atom. The molecule has 2 aliphatic rings. The molecule has 1 spiro atoms. The largest absolute Gasteiger partial charge is 0.508 e. The highest BCUT2D eigenvalue weighted by atomic mass is 16.3. The minimum absolute atomic E-state index is 0.339. The van der Waals surface area contributed by atoms with Crippen LogP contribution in [0.2, 0.25) is 0 Å². The van der Waals surface area contributed by atoms with Crippen LogP contribution in [0, 0.1) is 0 Å². The minimum atomic E-state index is 0.339. The van der Waals surface area contributed by atoms with Gasteiger partial charge in [-0.3, -0.25) is 0 Å². The van der Waals surface area contributed by atoms with Gasteiger partial charge in [0.1, 0.15) is 5.75 Å². The van der Waals surface area contributed by atoms with E-state index < -0.39 is 0 Å². The van der Waals surface area contributed by atoms with Crippen molar-refractivity contribution in [2.45, 2.75) is 24.7 Å². The summed E-state index contributed by atoms with van der Waals surface area (Å²) in [4.78, 5) is 0. The number of benzene rings is 1. The van der Waals surface area contributed by atoms with Crippen molar-refractivity contribution in [1.29, 1.82) is 0 Å². The molecular weight excluding hydrogens is 162 g/mol. The number of hydrogen-bond acceptors (Lipinski definition) is 2. The predicted molar refractivity (Wildman–Crippen MR) is 52.1 cm³/mol. The minimum Gasteiger partial charge on any atom is -0.508 e. The maximum Gasteiger partial charge on any atom is 0.121 e.